The summed E-state index contributed by atoms with van der Waals surface area (Å²) in [5.74, 6) is -1.20. The van der Waals surface area contributed by atoms with E-state index < -0.39 is 67.4 Å². The molecule has 0 aliphatic carbocycles. The van der Waals surface area contributed by atoms with Crippen LogP contribution in [-0.4, -0.2) is 99.6 Å². The first-order valence-electron chi connectivity index (χ1n) is 35.9. The van der Waals surface area contributed by atoms with Gasteiger partial charge in [-0.2, -0.15) is 0 Å². The summed E-state index contributed by atoms with van der Waals surface area (Å²) in [6.07, 6.45) is 71.9. The van der Waals surface area contributed by atoms with E-state index in [1.807, 2.05) is 6.08 Å². The smallest absolute Gasteiger partial charge is 0.306 e. The summed E-state index contributed by atoms with van der Waals surface area (Å²) >= 11 is 0. The fourth-order valence-corrected chi connectivity index (χ4v) is 10.9. The fourth-order valence-electron chi connectivity index (χ4n) is 10.9. The summed E-state index contributed by atoms with van der Waals surface area (Å²) in [6, 6.07) is -1.03. The number of ether oxygens (including phenoxy) is 3. The number of carbonyl (C=O) groups is 2. The van der Waals surface area contributed by atoms with Crippen molar-refractivity contribution in [3.63, 3.8) is 0 Å². The molecule has 1 amide bonds. The van der Waals surface area contributed by atoms with Crippen LogP contribution in [0.1, 0.15) is 316 Å². The maximum absolute atomic E-state index is 13.5. The predicted molar refractivity (Wildman–Crippen MR) is 361 cm³/mol. The van der Waals surface area contributed by atoms with Crippen molar-refractivity contribution in [3.05, 3.63) is 85.1 Å². The first-order valence-corrected chi connectivity index (χ1v) is 35.9. The van der Waals surface area contributed by atoms with Crippen LogP contribution in [0.2, 0.25) is 0 Å². The molecule has 0 bridgehead atoms. The number of carbonyl (C=O) groups excluding carboxylic acids is 2. The second-order valence-electron chi connectivity index (χ2n) is 24.6. The third kappa shape index (κ3) is 48.7. The molecule has 1 heterocycles. The number of esters is 1. The second kappa shape index (κ2) is 62.1. The molecule has 0 radical (unpaired) electrons. The SMILES string of the molecule is CC/C=C\C/C=C\C/C=C\C/C=C\C/C=C\CCCCCCCCCC(=O)OC1C(OCC(NC(=O)C(O)CCCCCCCCCCCCCC/C=C/CCCCCCCC)C(O)/C=C/CCCCCCCCCCCC)OC(CO)C(O)C1O. The zero-order valence-corrected chi connectivity index (χ0v) is 55.4. The van der Waals surface area contributed by atoms with Crippen molar-refractivity contribution >= 4 is 11.9 Å². The van der Waals surface area contributed by atoms with Gasteiger partial charge >= 0.3 is 5.97 Å². The van der Waals surface area contributed by atoms with Crippen molar-refractivity contribution in [1.29, 1.82) is 0 Å². The molecule has 8 unspecified atom stereocenters. The highest BCUT2D eigenvalue weighted by atomic mass is 16.7. The number of unbranched alkanes of at least 4 members (excludes halogenated alkanes) is 35. The van der Waals surface area contributed by atoms with E-state index in [1.165, 1.54) is 154 Å². The Balaban J connectivity index is 2.58. The lowest BCUT2D eigenvalue weighted by Crippen LogP contribution is -2.61. The van der Waals surface area contributed by atoms with Gasteiger partial charge in [-0.05, 0) is 96.3 Å². The molecule has 498 valence electrons. The minimum Gasteiger partial charge on any atom is -0.454 e. The molecule has 86 heavy (non-hydrogen) atoms. The highest BCUT2D eigenvalue weighted by Crippen LogP contribution is 2.26. The fraction of sp³-hybridized carbons (Fsp3) is 0.787. The Hall–Kier alpha value is -3.16. The predicted octanol–water partition coefficient (Wildman–Crippen LogP) is 18.5. The monoisotopic (exact) mass is 1210 g/mol. The van der Waals surface area contributed by atoms with Gasteiger partial charge in [0.15, 0.2) is 12.4 Å². The Kier molecular flexibility index (Phi) is 58.3. The number of nitrogens with one attached hydrogen (secondary N) is 1. The van der Waals surface area contributed by atoms with Crippen LogP contribution in [0, 0.1) is 0 Å². The van der Waals surface area contributed by atoms with Gasteiger partial charge in [0.05, 0.1) is 25.4 Å². The molecule has 1 fully saturated rings. The van der Waals surface area contributed by atoms with Gasteiger partial charge in [0.1, 0.15) is 24.4 Å². The van der Waals surface area contributed by atoms with Crippen molar-refractivity contribution in [2.45, 2.75) is 365 Å². The molecule has 0 aromatic rings. The van der Waals surface area contributed by atoms with Crippen molar-refractivity contribution in [2.75, 3.05) is 13.2 Å². The van der Waals surface area contributed by atoms with E-state index in [0.717, 1.165) is 116 Å². The first-order chi connectivity index (χ1) is 42.2. The normalized spacial score (nSPS) is 18.8. The van der Waals surface area contributed by atoms with Gasteiger partial charge in [0.25, 0.3) is 0 Å². The average Bonchev–Trinajstić information content (AvgIpc) is 3.39. The van der Waals surface area contributed by atoms with Gasteiger partial charge in [-0.3, -0.25) is 9.59 Å². The van der Waals surface area contributed by atoms with Crippen LogP contribution < -0.4 is 5.32 Å². The van der Waals surface area contributed by atoms with Gasteiger partial charge in [-0.1, -0.05) is 298 Å². The Morgan fingerprint density at radius 3 is 1.27 bits per heavy atom. The van der Waals surface area contributed by atoms with Gasteiger partial charge in [-0.15, -0.1) is 0 Å². The molecule has 11 heteroatoms. The third-order valence-corrected chi connectivity index (χ3v) is 16.5. The molecule has 0 aromatic carbocycles. The van der Waals surface area contributed by atoms with Crippen molar-refractivity contribution in [2.24, 2.45) is 0 Å². The Morgan fingerprint density at radius 1 is 0.465 bits per heavy atom. The number of aliphatic hydroxyl groups is 5. The minimum absolute atomic E-state index is 0.108. The molecular formula is C75H133NO10. The van der Waals surface area contributed by atoms with E-state index in [2.05, 4.69) is 99.0 Å². The van der Waals surface area contributed by atoms with Gasteiger partial charge in [-0.25, -0.2) is 0 Å². The largest absolute Gasteiger partial charge is 0.454 e. The standard InChI is InChI=1S/C75H133NO10/c1-4-7-10-13-16-19-22-25-27-29-31-33-35-37-39-41-43-45-48-51-54-57-60-63-70(80)86-73-72(82)71(81)69(64-77)85-75(73)84-65-66(67(78)61-58-55-52-49-46-24-21-18-15-12-9-6-3)76-74(83)68(79)62-59-56-53-50-47-44-42-40-38-36-34-32-30-28-26-23-20-17-14-11-8-5-2/h7,10,16,19,25-28,31,33,37,39,58,61,66-69,71-73,75,77-79,81-82H,4-6,8-9,11-15,17-18,20-24,29-30,32,34-36,38,40-57,59-60,62-65H2,1-3H3,(H,76,83)/b10-7-,19-16-,27-25-,28-26+,33-31-,39-37-,61-58+. The molecule has 1 aliphatic rings. The topological polar surface area (TPSA) is 175 Å². The second-order valence-corrected chi connectivity index (χ2v) is 24.6. The van der Waals surface area contributed by atoms with Crippen LogP contribution in [-0.2, 0) is 23.8 Å². The average molecular weight is 1210 g/mol. The summed E-state index contributed by atoms with van der Waals surface area (Å²) in [7, 11) is 0. The highest BCUT2D eigenvalue weighted by molar-refractivity contribution is 5.80. The molecule has 0 aromatic heterocycles. The summed E-state index contributed by atoms with van der Waals surface area (Å²) < 4.78 is 17.7. The number of hydrogen-bond acceptors (Lipinski definition) is 10. The molecule has 1 rings (SSSR count). The molecular weight excluding hydrogens is 1070 g/mol. The zero-order valence-electron chi connectivity index (χ0n) is 55.4. The molecule has 1 aliphatic heterocycles. The summed E-state index contributed by atoms with van der Waals surface area (Å²) in [5, 5.41) is 57.3. The van der Waals surface area contributed by atoms with Crippen LogP contribution >= 0.6 is 0 Å². The Bertz CT molecular complexity index is 1720. The first kappa shape index (κ1) is 80.9. The van der Waals surface area contributed by atoms with E-state index in [4.69, 9.17) is 14.2 Å². The zero-order chi connectivity index (χ0) is 62.4. The van der Waals surface area contributed by atoms with E-state index in [1.54, 1.807) is 6.08 Å². The lowest BCUT2D eigenvalue weighted by atomic mass is 9.99. The van der Waals surface area contributed by atoms with Crippen LogP contribution in [0.15, 0.2) is 85.1 Å². The molecule has 6 N–H and O–H groups in total. The molecule has 0 saturated carbocycles. The maximum atomic E-state index is 13.5. The van der Waals surface area contributed by atoms with Crippen LogP contribution in [0.3, 0.4) is 0 Å². The van der Waals surface area contributed by atoms with Crippen LogP contribution in [0.5, 0.6) is 0 Å². The number of amides is 1. The third-order valence-electron chi connectivity index (χ3n) is 16.5. The summed E-state index contributed by atoms with van der Waals surface area (Å²) in [4.78, 5) is 26.7. The molecule has 8 atom stereocenters. The quantitative estimate of drug-likeness (QED) is 0.0195. The van der Waals surface area contributed by atoms with E-state index in [0.29, 0.717) is 12.8 Å². The van der Waals surface area contributed by atoms with Gasteiger partial charge < -0.3 is 45.1 Å². The van der Waals surface area contributed by atoms with Crippen molar-refractivity contribution < 1.29 is 49.3 Å². The summed E-state index contributed by atoms with van der Waals surface area (Å²) in [6.45, 7) is 5.70. The number of aliphatic hydroxyl groups excluding tert-OH is 5. The minimum atomic E-state index is -1.62. The van der Waals surface area contributed by atoms with Crippen molar-refractivity contribution in [3.8, 4) is 0 Å². The lowest BCUT2D eigenvalue weighted by Gasteiger charge is -2.41. The Labute approximate surface area is 527 Å². The number of rotatable bonds is 61. The van der Waals surface area contributed by atoms with Crippen LogP contribution in [0.25, 0.3) is 0 Å². The van der Waals surface area contributed by atoms with Crippen LogP contribution in [0.4, 0.5) is 0 Å². The molecule has 11 nitrogen and oxygen atoms in total. The van der Waals surface area contributed by atoms with Gasteiger partial charge in [0.2, 0.25) is 5.91 Å². The van der Waals surface area contributed by atoms with E-state index in [9.17, 15) is 35.1 Å². The molecule has 1 saturated heterocycles. The van der Waals surface area contributed by atoms with E-state index >= 15 is 0 Å². The highest BCUT2D eigenvalue weighted by Gasteiger charge is 2.47. The Morgan fingerprint density at radius 2 is 0.837 bits per heavy atom. The number of allylic oxidation sites excluding steroid dienone is 13. The maximum Gasteiger partial charge on any atom is 0.306 e. The van der Waals surface area contributed by atoms with Gasteiger partial charge in [0, 0.05) is 6.42 Å². The number of hydrogen-bond donors (Lipinski definition) is 6. The van der Waals surface area contributed by atoms with Crippen molar-refractivity contribution in [1.82, 2.24) is 5.32 Å². The molecule has 0 spiro atoms. The lowest BCUT2D eigenvalue weighted by molar-refractivity contribution is -0.305. The van der Waals surface area contributed by atoms with E-state index in [-0.39, 0.29) is 19.4 Å². The summed E-state index contributed by atoms with van der Waals surface area (Å²) in [5.41, 5.74) is 0.